The summed E-state index contributed by atoms with van der Waals surface area (Å²) in [6.07, 6.45) is 2.33. The number of hydrogen-bond donors (Lipinski definition) is 2. The largest absolute Gasteiger partial charge is 0.489 e. The van der Waals surface area contributed by atoms with E-state index in [0.717, 1.165) is 48.4 Å². The number of fused-ring (bicyclic) bond motifs is 1. The lowest BCUT2D eigenvalue weighted by molar-refractivity contribution is 0.316. The van der Waals surface area contributed by atoms with Crippen LogP contribution in [0.15, 0.2) is 54.7 Å². The van der Waals surface area contributed by atoms with Crippen LogP contribution in [-0.2, 0) is 10.0 Å². The van der Waals surface area contributed by atoms with E-state index in [-0.39, 0.29) is 5.75 Å². The number of benzene rings is 2. The number of anilines is 3. The van der Waals surface area contributed by atoms with Gasteiger partial charge in [0.1, 0.15) is 18.2 Å². The van der Waals surface area contributed by atoms with Gasteiger partial charge in [-0.15, -0.1) is 0 Å². The highest BCUT2D eigenvalue weighted by Crippen LogP contribution is 2.39. The minimum Gasteiger partial charge on any atom is -0.489 e. The maximum absolute atomic E-state index is 12.9. The number of nitrogens with zero attached hydrogens (tertiary/aromatic N) is 3. The normalized spacial score (nSPS) is 16.0. The Morgan fingerprint density at radius 1 is 1.00 bits per heavy atom. The number of ether oxygens (including phenoxy) is 1. The first kappa shape index (κ1) is 23.4. The molecule has 3 heterocycles. The molecule has 3 aromatic rings. The number of piperazine rings is 1. The molecule has 3 N–H and O–H groups in total. The van der Waals surface area contributed by atoms with Gasteiger partial charge in [0, 0.05) is 49.2 Å². The summed E-state index contributed by atoms with van der Waals surface area (Å²) in [5, 5.41) is 3.38. The first-order chi connectivity index (χ1) is 17.0. The van der Waals surface area contributed by atoms with E-state index in [1.807, 2.05) is 31.2 Å². The Labute approximate surface area is 206 Å². The van der Waals surface area contributed by atoms with Gasteiger partial charge in [0.05, 0.1) is 18.0 Å². The van der Waals surface area contributed by atoms with Gasteiger partial charge in [0.2, 0.25) is 10.0 Å². The number of hydrogen-bond acceptors (Lipinski definition) is 7. The SMILES string of the molecule is CCCS(=O)(=O)N1CCOc2ccc(-c3cc(-c4ccc(N5CCNCC5)cc4)cnc3N)cc21. The Bertz CT molecular complexity index is 1310. The van der Waals surface area contributed by atoms with Gasteiger partial charge in [-0.2, -0.15) is 0 Å². The molecule has 0 bridgehead atoms. The van der Waals surface area contributed by atoms with Crippen LogP contribution in [0, 0.1) is 0 Å². The minimum absolute atomic E-state index is 0.0970. The zero-order valence-corrected chi connectivity index (χ0v) is 20.7. The van der Waals surface area contributed by atoms with Crippen molar-refractivity contribution < 1.29 is 13.2 Å². The van der Waals surface area contributed by atoms with E-state index in [2.05, 4.69) is 39.5 Å². The number of nitrogens with two attached hydrogens (primary N) is 1. The van der Waals surface area contributed by atoms with Crippen molar-refractivity contribution in [2.24, 2.45) is 0 Å². The summed E-state index contributed by atoms with van der Waals surface area (Å²) < 4.78 is 32.9. The van der Waals surface area contributed by atoms with Gasteiger partial charge in [-0.3, -0.25) is 4.31 Å². The summed E-state index contributed by atoms with van der Waals surface area (Å²) in [5.41, 5.74) is 11.6. The van der Waals surface area contributed by atoms with E-state index < -0.39 is 10.0 Å². The molecule has 0 aliphatic carbocycles. The van der Waals surface area contributed by atoms with Gasteiger partial charge in [0.15, 0.2) is 0 Å². The van der Waals surface area contributed by atoms with Crippen LogP contribution in [0.1, 0.15) is 13.3 Å². The van der Waals surface area contributed by atoms with Crippen molar-refractivity contribution in [2.75, 3.05) is 60.0 Å². The minimum atomic E-state index is -3.42. The number of nitrogens with one attached hydrogen (secondary N) is 1. The summed E-state index contributed by atoms with van der Waals surface area (Å²) in [6, 6.07) is 16.1. The maximum Gasteiger partial charge on any atom is 0.235 e. The summed E-state index contributed by atoms with van der Waals surface area (Å²) in [5.74, 6) is 1.05. The topological polar surface area (TPSA) is 101 Å². The molecule has 2 aliphatic heterocycles. The third-order valence-electron chi connectivity index (χ3n) is 6.49. The molecular weight excluding hydrogens is 462 g/mol. The van der Waals surface area contributed by atoms with Crippen molar-refractivity contribution in [3.05, 3.63) is 54.7 Å². The summed E-state index contributed by atoms with van der Waals surface area (Å²) >= 11 is 0. The van der Waals surface area contributed by atoms with Crippen molar-refractivity contribution in [1.29, 1.82) is 0 Å². The second kappa shape index (κ2) is 9.75. The molecule has 1 fully saturated rings. The van der Waals surface area contributed by atoms with Crippen molar-refractivity contribution in [3.63, 3.8) is 0 Å². The average Bonchev–Trinajstić information content (AvgIpc) is 2.89. The highest BCUT2D eigenvalue weighted by atomic mass is 32.2. The number of rotatable bonds is 6. The van der Waals surface area contributed by atoms with Gasteiger partial charge in [0.25, 0.3) is 0 Å². The van der Waals surface area contributed by atoms with Crippen LogP contribution in [0.3, 0.4) is 0 Å². The van der Waals surface area contributed by atoms with Gasteiger partial charge in [-0.05, 0) is 47.9 Å². The standard InChI is InChI=1S/C26H31N5O3S/c1-2-15-35(32,33)31-13-14-34-25-8-5-20(17-24(25)31)23-16-21(18-29-26(23)27)19-3-6-22(7-4-19)30-11-9-28-10-12-30/h3-8,16-18,28H,2,9-15H2,1H3,(H2,27,29). The number of aromatic nitrogens is 1. The predicted molar refractivity (Wildman–Crippen MR) is 142 cm³/mol. The van der Waals surface area contributed by atoms with Crippen LogP contribution < -0.4 is 25.0 Å². The summed E-state index contributed by atoms with van der Waals surface area (Å²) in [6.45, 7) is 6.49. The lowest BCUT2D eigenvalue weighted by Crippen LogP contribution is -2.43. The van der Waals surface area contributed by atoms with Crippen LogP contribution in [0.5, 0.6) is 5.75 Å². The molecule has 1 aromatic heterocycles. The molecule has 9 heteroatoms. The van der Waals surface area contributed by atoms with E-state index in [0.29, 0.717) is 36.8 Å². The van der Waals surface area contributed by atoms with Crippen LogP contribution in [0.2, 0.25) is 0 Å². The second-order valence-corrected chi connectivity index (χ2v) is 10.9. The van der Waals surface area contributed by atoms with Crippen LogP contribution in [-0.4, -0.2) is 58.5 Å². The highest BCUT2D eigenvalue weighted by Gasteiger charge is 2.28. The number of nitrogen functional groups attached to an aromatic ring is 1. The van der Waals surface area contributed by atoms with Gasteiger partial charge >= 0.3 is 0 Å². The fraction of sp³-hybridized carbons (Fsp3) is 0.346. The zero-order chi connectivity index (χ0) is 24.4. The van der Waals surface area contributed by atoms with E-state index in [4.69, 9.17) is 10.5 Å². The Morgan fingerprint density at radius 3 is 2.49 bits per heavy atom. The monoisotopic (exact) mass is 493 g/mol. The molecule has 2 aromatic carbocycles. The van der Waals surface area contributed by atoms with Gasteiger partial charge < -0.3 is 20.7 Å². The lowest BCUT2D eigenvalue weighted by atomic mass is 10.00. The van der Waals surface area contributed by atoms with E-state index in [1.165, 1.54) is 9.99 Å². The molecule has 0 radical (unpaired) electrons. The molecule has 0 atom stereocenters. The van der Waals surface area contributed by atoms with Crippen molar-refractivity contribution >= 4 is 27.2 Å². The molecule has 35 heavy (non-hydrogen) atoms. The average molecular weight is 494 g/mol. The van der Waals surface area contributed by atoms with Crippen molar-refractivity contribution in [1.82, 2.24) is 10.3 Å². The van der Waals surface area contributed by atoms with Crippen LogP contribution >= 0.6 is 0 Å². The van der Waals surface area contributed by atoms with Gasteiger partial charge in [-0.25, -0.2) is 13.4 Å². The molecule has 0 unspecified atom stereocenters. The number of pyridine rings is 1. The van der Waals surface area contributed by atoms with Gasteiger partial charge in [-0.1, -0.05) is 25.1 Å². The molecule has 0 amide bonds. The lowest BCUT2D eigenvalue weighted by Gasteiger charge is -2.31. The van der Waals surface area contributed by atoms with Crippen LogP contribution in [0.25, 0.3) is 22.3 Å². The third-order valence-corrected chi connectivity index (χ3v) is 8.46. The fourth-order valence-electron chi connectivity index (χ4n) is 4.67. The second-order valence-electron chi connectivity index (χ2n) is 8.86. The molecule has 2 aliphatic rings. The Balaban J connectivity index is 1.47. The van der Waals surface area contributed by atoms with Crippen molar-refractivity contribution in [3.8, 4) is 28.0 Å². The fourth-order valence-corrected chi connectivity index (χ4v) is 6.20. The summed E-state index contributed by atoms with van der Waals surface area (Å²) in [4.78, 5) is 6.82. The number of sulfonamides is 1. The molecule has 0 spiro atoms. The molecule has 0 saturated carbocycles. The smallest absolute Gasteiger partial charge is 0.235 e. The third kappa shape index (κ3) is 4.78. The Hall–Kier alpha value is -3.30. The Morgan fingerprint density at radius 2 is 1.74 bits per heavy atom. The molecule has 184 valence electrons. The predicted octanol–water partition coefficient (Wildman–Crippen LogP) is 3.35. The molecule has 1 saturated heterocycles. The quantitative estimate of drug-likeness (QED) is 0.543. The van der Waals surface area contributed by atoms with E-state index in [9.17, 15) is 8.42 Å². The maximum atomic E-state index is 12.9. The van der Waals surface area contributed by atoms with Crippen molar-refractivity contribution in [2.45, 2.75) is 13.3 Å². The molecule has 5 rings (SSSR count). The highest BCUT2D eigenvalue weighted by molar-refractivity contribution is 7.92. The van der Waals surface area contributed by atoms with E-state index in [1.54, 1.807) is 6.20 Å². The molecule has 8 nitrogen and oxygen atoms in total. The Kier molecular flexibility index (Phi) is 6.53. The summed E-state index contributed by atoms with van der Waals surface area (Å²) in [7, 11) is -3.42. The zero-order valence-electron chi connectivity index (χ0n) is 19.9. The molecular formula is C26H31N5O3S. The van der Waals surface area contributed by atoms with Crippen LogP contribution in [0.4, 0.5) is 17.2 Å². The first-order valence-corrected chi connectivity index (χ1v) is 13.7. The first-order valence-electron chi connectivity index (χ1n) is 12.1. The van der Waals surface area contributed by atoms with E-state index >= 15 is 0 Å².